The second kappa shape index (κ2) is 10.1. The minimum Gasteiger partial charge on any atom is -0.360 e. The Morgan fingerprint density at radius 1 is 1.00 bits per heavy atom. The Bertz CT molecular complexity index is 1100. The van der Waals surface area contributed by atoms with Crippen molar-refractivity contribution < 1.29 is 22.5 Å². The number of carbonyl (C=O) groups excluding carboxylic acids is 2. The number of anilines is 1. The first kappa shape index (κ1) is 24.2. The molecule has 0 atom stereocenters. The third kappa shape index (κ3) is 5.25. The van der Waals surface area contributed by atoms with Crippen LogP contribution in [0.25, 0.3) is 0 Å². The molecular weight excluding hydrogens is 458 g/mol. The van der Waals surface area contributed by atoms with Crippen LogP contribution in [0.4, 0.5) is 10.5 Å². The Kier molecular flexibility index (Phi) is 7.22. The monoisotopic (exact) mass is 489 g/mol. The molecule has 34 heavy (non-hydrogen) atoms. The Labute approximate surface area is 199 Å². The van der Waals surface area contributed by atoms with Gasteiger partial charge >= 0.3 is 6.03 Å². The fourth-order valence-corrected chi connectivity index (χ4v) is 6.45. The summed E-state index contributed by atoms with van der Waals surface area (Å²) in [4.78, 5) is 27.2. The lowest BCUT2D eigenvalue weighted by Gasteiger charge is -2.37. The van der Waals surface area contributed by atoms with Crippen LogP contribution in [0.2, 0.25) is 0 Å². The predicted molar refractivity (Wildman–Crippen MR) is 126 cm³/mol. The lowest BCUT2D eigenvalue weighted by Crippen LogP contribution is -2.50. The second-order valence-electron chi connectivity index (χ2n) is 8.90. The number of piperidine rings is 2. The molecule has 0 spiro atoms. The first-order valence-corrected chi connectivity index (χ1v) is 13.0. The fraction of sp³-hybridized carbons (Fsp3) is 0.522. The molecule has 2 aromatic rings. The van der Waals surface area contributed by atoms with Crippen molar-refractivity contribution in [2.45, 2.75) is 50.5 Å². The highest BCUT2D eigenvalue weighted by Gasteiger charge is 2.37. The van der Waals surface area contributed by atoms with Crippen molar-refractivity contribution >= 4 is 27.6 Å². The number of nitrogens with zero attached hydrogens (tertiary/aromatic N) is 3. The molecule has 2 saturated heterocycles. The summed E-state index contributed by atoms with van der Waals surface area (Å²) in [6, 6.07) is 9.01. The van der Waals surface area contributed by atoms with E-state index in [-0.39, 0.29) is 34.6 Å². The Morgan fingerprint density at radius 2 is 1.65 bits per heavy atom. The largest absolute Gasteiger partial charge is 0.360 e. The highest BCUT2D eigenvalue weighted by atomic mass is 32.2. The van der Waals surface area contributed by atoms with Crippen LogP contribution in [-0.4, -0.2) is 66.9 Å². The van der Waals surface area contributed by atoms with E-state index in [1.165, 1.54) is 4.31 Å². The van der Waals surface area contributed by atoms with E-state index in [0.29, 0.717) is 57.6 Å². The summed E-state index contributed by atoms with van der Waals surface area (Å²) in [7, 11) is -3.69. The van der Waals surface area contributed by atoms with Crippen molar-refractivity contribution in [3.8, 4) is 0 Å². The minimum absolute atomic E-state index is 0.00908. The number of aryl methyl sites for hydroxylation is 2. The number of para-hydroxylation sites is 1. The van der Waals surface area contributed by atoms with Crippen LogP contribution >= 0.6 is 0 Å². The summed E-state index contributed by atoms with van der Waals surface area (Å²) >= 11 is 0. The maximum atomic E-state index is 13.0. The van der Waals surface area contributed by atoms with E-state index in [1.54, 1.807) is 13.8 Å². The Morgan fingerprint density at radius 3 is 2.24 bits per heavy atom. The highest BCUT2D eigenvalue weighted by molar-refractivity contribution is 7.89. The van der Waals surface area contributed by atoms with Gasteiger partial charge in [-0.2, -0.15) is 4.31 Å². The highest BCUT2D eigenvalue weighted by Crippen LogP contribution is 2.29. The minimum atomic E-state index is -3.69. The summed E-state index contributed by atoms with van der Waals surface area (Å²) in [6.45, 7) is 4.94. The summed E-state index contributed by atoms with van der Waals surface area (Å²) in [6.07, 6.45) is 2.35. The second-order valence-corrected chi connectivity index (χ2v) is 10.8. The number of hydrogen-bond acceptors (Lipinski definition) is 6. The van der Waals surface area contributed by atoms with Gasteiger partial charge in [-0.1, -0.05) is 23.4 Å². The van der Waals surface area contributed by atoms with Crippen molar-refractivity contribution in [3.05, 3.63) is 41.8 Å². The molecule has 2 fully saturated rings. The van der Waals surface area contributed by atoms with Gasteiger partial charge in [0.25, 0.3) is 0 Å². The molecule has 2 aliphatic heterocycles. The molecule has 0 radical (unpaired) electrons. The quantitative estimate of drug-likeness (QED) is 0.665. The molecule has 0 aliphatic carbocycles. The van der Waals surface area contributed by atoms with Gasteiger partial charge in [0, 0.05) is 43.8 Å². The average Bonchev–Trinajstić information content (AvgIpc) is 3.18. The molecule has 2 aliphatic rings. The molecule has 11 heteroatoms. The summed E-state index contributed by atoms with van der Waals surface area (Å²) in [5.41, 5.74) is 1.08. The topological polar surface area (TPSA) is 125 Å². The van der Waals surface area contributed by atoms with Gasteiger partial charge in [0.1, 0.15) is 10.6 Å². The molecule has 2 N–H and O–H groups in total. The number of urea groups is 1. The number of benzene rings is 1. The Hall–Kier alpha value is -2.92. The molecule has 4 rings (SSSR count). The summed E-state index contributed by atoms with van der Waals surface area (Å²) in [5.74, 6) is 0.160. The normalized spacial score (nSPS) is 18.6. The van der Waals surface area contributed by atoms with Gasteiger partial charge in [-0.15, -0.1) is 0 Å². The predicted octanol–water partition coefficient (Wildman–Crippen LogP) is 2.50. The molecule has 1 aromatic carbocycles. The molecule has 0 saturated carbocycles. The zero-order valence-corrected chi connectivity index (χ0v) is 20.3. The molecule has 1 aromatic heterocycles. The number of likely N-dealkylation sites (tertiary alicyclic amines) is 1. The van der Waals surface area contributed by atoms with E-state index in [9.17, 15) is 18.0 Å². The summed E-state index contributed by atoms with van der Waals surface area (Å²) in [5, 5.41) is 9.55. The van der Waals surface area contributed by atoms with Crippen LogP contribution < -0.4 is 10.6 Å². The SMILES string of the molecule is Cc1noc(C)c1S(=O)(=O)N1CCC(C(=O)N2CCC(NC(=O)Nc3ccccc3)CC2)CC1. The molecule has 3 amide bonds. The maximum absolute atomic E-state index is 13.0. The van der Waals surface area contributed by atoms with E-state index < -0.39 is 10.0 Å². The zero-order chi connectivity index (χ0) is 24.3. The maximum Gasteiger partial charge on any atom is 0.319 e. The Balaban J connectivity index is 1.24. The van der Waals surface area contributed by atoms with Gasteiger partial charge in [-0.3, -0.25) is 4.79 Å². The average molecular weight is 490 g/mol. The first-order chi connectivity index (χ1) is 16.3. The number of rotatable bonds is 5. The van der Waals surface area contributed by atoms with E-state index in [4.69, 9.17) is 4.52 Å². The van der Waals surface area contributed by atoms with Crippen LogP contribution in [0.1, 0.15) is 37.1 Å². The lowest BCUT2D eigenvalue weighted by atomic mass is 9.95. The van der Waals surface area contributed by atoms with Gasteiger partial charge < -0.3 is 20.1 Å². The molecule has 10 nitrogen and oxygen atoms in total. The van der Waals surface area contributed by atoms with Crippen LogP contribution in [0.5, 0.6) is 0 Å². The van der Waals surface area contributed by atoms with E-state index in [1.807, 2.05) is 35.2 Å². The van der Waals surface area contributed by atoms with Gasteiger partial charge in [-0.25, -0.2) is 13.2 Å². The van der Waals surface area contributed by atoms with E-state index in [2.05, 4.69) is 15.8 Å². The third-order valence-electron chi connectivity index (χ3n) is 6.54. The number of sulfonamides is 1. The van der Waals surface area contributed by atoms with Crippen LogP contribution in [0.3, 0.4) is 0 Å². The molecule has 3 heterocycles. The fourth-order valence-electron chi connectivity index (χ4n) is 4.69. The van der Waals surface area contributed by atoms with Gasteiger partial charge in [-0.05, 0) is 51.7 Å². The van der Waals surface area contributed by atoms with Crippen LogP contribution in [-0.2, 0) is 14.8 Å². The first-order valence-electron chi connectivity index (χ1n) is 11.6. The van der Waals surface area contributed by atoms with E-state index in [0.717, 1.165) is 5.69 Å². The number of nitrogens with one attached hydrogen (secondary N) is 2. The van der Waals surface area contributed by atoms with Crippen molar-refractivity contribution in [3.63, 3.8) is 0 Å². The molecule has 0 bridgehead atoms. The number of aromatic nitrogens is 1. The van der Waals surface area contributed by atoms with Gasteiger partial charge in [0.05, 0.1) is 0 Å². The standard InChI is InChI=1S/C23H31N5O5S/c1-16-21(17(2)33-26-16)34(31,32)28-14-8-18(9-15-28)22(29)27-12-10-20(11-13-27)25-23(30)24-19-6-4-3-5-7-19/h3-7,18,20H,8-15H2,1-2H3,(H2,24,25,30). The molecule has 0 unspecified atom stereocenters. The summed E-state index contributed by atoms with van der Waals surface area (Å²) < 4.78 is 32.4. The number of amides is 3. The number of carbonyl (C=O) groups is 2. The smallest absolute Gasteiger partial charge is 0.319 e. The van der Waals surface area contributed by atoms with Crippen molar-refractivity contribution in [1.29, 1.82) is 0 Å². The van der Waals surface area contributed by atoms with E-state index >= 15 is 0 Å². The van der Waals surface area contributed by atoms with Gasteiger partial charge in [0.15, 0.2) is 5.76 Å². The van der Waals surface area contributed by atoms with Crippen LogP contribution in [0, 0.1) is 19.8 Å². The molecule has 184 valence electrons. The zero-order valence-electron chi connectivity index (χ0n) is 19.5. The lowest BCUT2D eigenvalue weighted by molar-refractivity contribution is -0.137. The number of hydrogen-bond donors (Lipinski definition) is 2. The van der Waals surface area contributed by atoms with Gasteiger partial charge in [0.2, 0.25) is 15.9 Å². The molecular formula is C23H31N5O5S. The van der Waals surface area contributed by atoms with Crippen molar-refractivity contribution in [2.24, 2.45) is 5.92 Å². The van der Waals surface area contributed by atoms with Crippen molar-refractivity contribution in [1.82, 2.24) is 19.7 Å². The van der Waals surface area contributed by atoms with Crippen LogP contribution in [0.15, 0.2) is 39.8 Å². The third-order valence-corrected chi connectivity index (χ3v) is 8.69. The van der Waals surface area contributed by atoms with Crippen molar-refractivity contribution in [2.75, 3.05) is 31.5 Å².